The second kappa shape index (κ2) is 10.4. The Kier molecular flexibility index (Phi) is 6.82. The third kappa shape index (κ3) is 4.66. The van der Waals surface area contributed by atoms with Gasteiger partial charge < -0.3 is 24.8 Å². The number of ether oxygens (including phenoxy) is 1. The lowest BCUT2D eigenvalue weighted by atomic mass is 9.98. The summed E-state index contributed by atoms with van der Waals surface area (Å²) >= 11 is 0. The molecule has 1 amide bonds. The van der Waals surface area contributed by atoms with Gasteiger partial charge in [0, 0.05) is 57.9 Å². The van der Waals surface area contributed by atoms with Crippen LogP contribution < -0.4 is 19.9 Å². The molecule has 0 spiro atoms. The molecule has 0 saturated carbocycles. The molecule has 6 rings (SSSR count). The Hall–Kier alpha value is -3.40. The quantitative estimate of drug-likeness (QED) is 0.552. The van der Waals surface area contributed by atoms with Gasteiger partial charge in [0.05, 0.1) is 17.3 Å². The van der Waals surface area contributed by atoms with E-state index in [2.05, 4.69) is 35.2 Å². The summed E-state index contributed by atoms with van der Waals surface area (Å²) in [5.41, 5.74) is 1.86. The molecule has 2 atom stereocenters. The van der Waals surface area contributed by atoms with Gasteiger partial charge in [0.1, 0.15) is 29.8 Å². The van der Waals surface area contributed by atoms with Crippen molar-refractivity contribution in [3.8, 4) is 5.75 Å². The lowest BCUT2D eigenvalue weighted by Crippen LogP contribution is -2.41. The highest BCUT2D eigenvalue weighted by Crippen LogP contribution is 2.35. The van der Waals surface area contributed by atoms with Crippen molar-refractivity contribution in [2.45, 2.75) is 51.1 Å². The monoisotopic (exact) mass is 521 g/mol. The van der Waals surface area contributed by atoms with Crippen LogP contribution in [0.25, 0.3) is 5.65 Å². The number of anilines is 2. The normalized spacial score (nSPS) is 22.7. The molecule has 2 bridgehead atoms. The maximum Gasteiger partial charge on any atom is 0.258 e. The van der Waals surface area contributed by atoms with Gasteiger partial charge in [-0.05, 0) is 50.3 Å². The molecule has 3 aliphatic heterocycles. The van der Waals surface area contributed by atoms with Crippen LogP contribution in [0.4, 0.5) is 16.0 Å². The molecule has 1 N–H and O–H groups in total. The molecular formula is C28H36FN7O2. The maximum absolute atomic E-state index is 14.4. The molecule has 9 nitrogen and oxygen atoms in total. The SMILES string of the molecule is CCC1COc2ccc(F)cc2C(=O)N2CCCCC2c2cc3nc(N4CCC4)cc(n3n2)N(C)CCN1. The fourth-order valence-corrected chi connectivity index (χ4v) is 5.60. The third-order valence-corrected chi connectivity index (χ3v) is 8.08. The van der Waals surface area contributed by atoms with E-state index < -0.39 is 5.82 Å². The molecule has 0 radical (unpaired) electrons. The summed E-state index contributed by atoms with van der Waals surface area (Å²) in [5, 5.41) is 8.60. The smallest absolute Gasteiger partial charge is 0.258 e. The van der Waals surface area contributed by atoms with E-state index in [0.717, 1.165) is 74.8 Å². The Balaban J connectivity index is 1.46. The first-order chi connectivity index (χ1) is 18.5. The van der Waals surface area contributed by atoms with Crippen molar-refractivity contribution in [2.24, 2.45) is 0 Å². The van der Waals surface area contributed by atoms with Gasteiger partial charge in [0.2, 0.25) is 0 Å². The van der Waals surface area contributed by atoms with Crippen LogP contribution in [-0.4, -0.2) is 77.8 Å². The van der Waals surface area contributed by atoms with E-state index >= 15 is 0 Å². The number of hydrogen-bond donors (Lipinski definition) is 1. The summed E-state index contributed by atoms with van der Waals surface area (Å²) in [7, 11) is 2.08. The number of nitrogens with one attached hydrogen (secondary N) is 1. The third-order valence-electron chi connectivity index (χ3n) is 8.08. The summed E-state index contributed by atoms with van der Waals surface area (Å²) in [6.07, 6.45) is 4.73. The average Bonchev–Trinajstić information content (AvgIpc) is 3.33. The summed E-state index contributed by atoms with van der Waals surface area (Å²) in [4.78, 5) is 25.2. The molecule has 5 heterocycles. The minimum Gasteiger partial charge on any atom is -0.491 e. The van der Waals surface area contributed by atoms with E-state index in [9.17, 15) is 9.18 Å². The summed E-state index contributed by atoms with van der Waals surface area (Å²) < 4.78 is 22.4. The molecule has 2 saturated heterocycles. The molecule has 2 aromatic heterocycles. The Bertz CT molecular complexity index is 1320. The number of carbonyl (C=O) groups is 1. The standard InChI is InChI=1S/C28H36FN7O2/c1-3-20-18-38-24-9-8-19(29)15-21(24)28(37)35-13-5-4-7-23(35)22-16-26-31-25(34-11-6-12-34)17-27(36(26)32-22)33(2)14-10-30-20/h8-9,15-17,20,23,30H,3-7,10-14,18H2,1-2H3. The fraction of sp³-hybridized carbons (Fsp3) is 0.536. The number of aromatic nitrogens is 3. The fourth-order valence-electron chi connectivity index (χ4n) is 5.60. The van der Waals surface area contributed by atoms with Gasteiger partial charge in [0.25, 0.3) is 5.91 Å². The number of hydrogen-bond acceptors (Lipinski definition) is 7. The highest BCUT2D eigenvalue weighted by molar-refractivity contribution is 5.97. The summed E-state index contributed by atoms with van der Waals surface area (Å²) in [5.74, 6) is 1.69. The predicted molar refractivity (Wildman–Crippen MR) is 145 cm³/mol. The van der Waals surface area contributed by atoms with E-state index in [4.69, 9.17) is 14.8 Å². The number of piperidine rings is 1. The van der Waals surface area contributed by atoms with Gasteiger partial charge in [-0.2, -0.15) is 9.61 Å². The lowest BCUT2D eigenvalue weighted by Gasteiger charge is -2.35. The molecule has 38 heavy (non-hydrogen) atoms. The van der Waals surface area contributed by atoms with Crippen LogP contribution in [0.2, 0.25) is 0 Å². The van der Waals surface area contributed by atoms with Crippen LogP contribution in [0.15, 0.2) is 30.3 Å². The molecule has 3 aromatic rings. The van der Waals surface area contributed by atoms with Crippen molar-refractivity contribution < 1.29 is 13.9 Å². The van der Waals surface area contributed by atoms with Crippen LogP contribution in [0.3, 0.4) is 0 Å². The van der Waals surface area contributed by atoms with E-state index in [0.29, 0.717) is 18.9 Å². The lowest BCUT2D eigenvalue weighted by molar-refractivity contribution is 0.0600. The van der Waals surface area contributed by atoms with Crippen molar-refractivity contribution in [3.05, 3.63) is 47.4 Å². The summed E-state index contributed by atoms with van der Waals surface area (Å²) in [6, 6.07) is 8.25. The van der Waals surface area contributed by atoms with E-state index in [1.54, 1.807) is 6.07 Å². The number of rotatable bonds is 2. The Morgan fingerprint density at radius 3 is 2.76 bits per heavy atom. The number of likely N-dealkylation sites (N-methyl/N-ethyl adjacent to an activating group) is 1. The number of benzene rings is 1. The highest BCUT2D eigenvalue weighted by atomic mass is 19.1. The van der Waals surface area contributed by atoms with Gasteiger partial charge in [0.15, 0.2) is 5.65 Å². The van der Waals surface area contributed by atoms with Gasteiger partial charge in [-0.25, -0.2) is 9.37 Å². The molecule has 1 aromatic carbocycles. The largest absolute Gasteiger partial charge is 0.491 e. The van der Waals surface area contributed by atoms with E-state index in [1.165, 1.54) is 18.6 Å². The zero-order valence-electron chi connectivity index (χ0n) is 22.2. The van der Waals surface area contributed by atoms with Crippen LogP contribution in [0.1, 0.15) is 61.1 Å². The molecule has 202 valence electrons. The molecular weight excluding hydrogens is 485 g/mol. The number of nitrogens with zero attached hydrogens (tertiary/aromatic N) is 6. The van der Waals surface area contributed by atoms with Crippen LogP contribution >= 0.6 is 0 Å². The second-order valence-corrected chi connectivity index (χ2v) is 10.6. The maximum atomic E-state index is 14.4. The first-order valence-electron chi connectivity index (χ1n) is 13.9. The van der Waals surface area contributed by atoms with Crippen molar-refractivity contribution in [2.75, 3.05) is 56.2 Å². The van der Waals surface area contributed by atoms with Crippen LogP contribution in [-0.2, 0) is 0 Å². The number of fused-ring (bicyclic) bond motifs is 4. The van der Waals surface area contributed by atoms with E-state index in [-0.39, 0.29) is 23.6 Å². The first-order valence-corrected chi connectivity index (χ1v) is 13.9. The zero-order chi connectivity index (χ0) is 26.2. The number of halogens is 1. The highest BCUT2D eigenvalue weighted by Gasteiger charge is 2.33. The Morgan fingerprint density at radius 1 is 1.11 bits per heavy atom. The van der Waals surface area contributed by atoms with E-state index in [1.807, 2.05) is 15.5 Å². The van der Waals surface area contributed by atoms with Gasteiger partial charge in [-0.3, -0.25) is 4.79 Å². The minimum absolute atomic E-state index is 0.0949. The summed E-state index contributed by atoms with van der Waals surface area (Å²) in [6.45, 7) is 6.64. The van der Waals surface area contributed by atoms with Gasteiger partial charge in [-0.15, -0.1) is 0 Å². The average molecular weight is 522 g/mol. The minimum atomic E-state index is -0.447. The Labute approximate surface area is 222 Å². The number of carbonyl (C=O) groups excluding carboxylic acids is 1. The van der Waals surface area contributed by atoms with Gasteiger partial charge in [-0.1, -0.05) is 6.92 Å². The van der Waals surface area contributed by atoms with Crippen molar-refractivity contribution >= 4 is 23.2 Å². The molecule has 10 heteroatoms. The Morgan fingerprint density at radius 2 is 1.97 bits per heavy atom. The topological polar surface area (TPSA) is 78.2 Å². The second-order valence-electron chi connectivity index (χ2n) is 10.6. The predicted octanol–water partition coefficient (Wildman–Crippen LogP) is 3.64. The molecule has 2 unspecified atom stereocenters. The molecule has 0 aliphatic carbocycles. The van der Waals surface area contributed by atoms with Gasteiger partial charge >= 0.3 is 0 Å². The molecule has 3 aliphatic rings. The molecule has 2 fully saturated rings. The van der Waals surface area contributed by atoms with Crippen molar-refractivity contribution in [1.29, 1.82) is 0 Å². The van der Waals surface area contributed by atoms with Crippen molar-refractivity contribution in [1.82, 2.24) is 24.8 Å². The van der Waals surface area contributed by atoms with Crippen molar-refractivity contribution in [3.63, 3.8) is 0 Å². The first kappa shape index (κ1) is 24.9. The number of amides is 1. The van der Waals surface area contributed by atoms with Crippen LogP contribution in [0.5, 0.6) is 5.75 Å². The van der Waals surface area contributed by atoms with Crippen LogP contribution in [0, 0.1) is 5.82 Å². The zero-order valence-corrected chi connectivity index (χ0v) is 22.2.